The van der Waals surface area contributed by atoms with E-state index < -0.39 is 0 Å². The van der Waals surface area contributed by atoms with E-state index in [4.69, 9.17) is 4.74 Å². The summed E-state index contributed by atoms with van der Waals surface area (Å²) in [4.78, 5) is 15.9. The van der Waals surface area contributed by atoms with Crippen molar-refractivity contribution in [3.05, 3.63) is 0 Å². The van der Waals surface area contributed by atoms with E-state index in [0.717, 1.165) is 19.5 Å². The first kappa shape index (κ1) is 11.7. The van der Waals surface area contributed by atoms with Crippen LogP contribution in [0.5, 0.6) is 0 Å². The highest BCUT2D eigenvalue weighted by molar-refractivity contribution is 5.67. The zero-order valence-electron chi connectivity index (χ0n) is 10.2. The van der Waals surface area contributed by atoms with Crippen molar-refractivity contribution in [3.8, 4) is 0 Å². The molecule has 0 aromatic rings. The average Bonchev–Trinajstić information content (AvgIpc) is 2.39. The van der Waals surface area contributed by atoms with Crippen molar-refractivity contribution < 1.29 is 9.53 Å². The Hall–Kier alpha value is -0.770. The molecule has 0 radical (unpaired) electrons. The maximum atomic E-state index is 11.5. The zero-order valence-corrected chi connectivity index (χ0v) is 10.2. The number of rotatable bonds is 1. The molecule has 4 nitrogen and oxygen atoms in total. The molecule has 16 heavy (non-hydrogen) atoms. The fraction of sp³-hybridized carbons (Fsp3) is 0.917. The van der Waals surface area contributed by atoms with Crippen LogP contribution in [-0.4, -0.2) is 55.2 Å². The molecule has 92 valence electrons. The minimum Gasteiger partial charge on any atom is -0.453 e. The van der Waals surface area contributed by atoms with Gasteiger partial charge in [-0.2, -0.15) is 0 Å². The highest BCUT2D eigenvalue weighted by atomic mass is 16.5. The van der Waals surface area contributed by atoms with E-state index in [0.29, 0.717) is 6.04 Å². The Bertz CT molecular complexity index is 239. The third kappa shape index (κ3) is 2.67. The van der Waals surface area contributed by atoms with Crippen molar-refractivity contribution in [2.45, 2.75) is 38.1 Å². The molecule has 0 spiro atoms. The lowest BCUT2D eigenvalue weighted by Crippen LogP contribution is -2.51. The van der Waals surface area contributed by atoms with Gasteiger partial charge in [0, 0.05) is 19.1 Å². The van der Waals surface area contributed by atoms with Gasteiger partial charge in [0.05, 0.1) is 7.11 Å². The molecule has 2 rings (SSSR count). The number of carbonyl (C=O) groups is 1. The molecule has 4 heteroatoms. The SMILES string of the molecule is COC(=O)N1CCCC(N2CCCCC2)C1. The summed E-state index contributed by atoms with van der Waals surface area (Å²) in [6, 6.07) is 0.563. The van der Waals surface area contributed by atoms with Crippen LogP contribution in [0.4, 0.5) is 4.79 Å². The third-order valence-electron chi connectivity index (χ3n) is 3.74. The van der Waals surface area contributed by atoms with E-state index in [9.17, 15) is 4.79 Å². The monoisotopic (exact) mass is 226 g/mol. The first-order chi connectivity index (χ1) is 7.81. The van der Waals surface area contributed by atoms with Crippen LogP contribution in [0, 0.1) is 0 Å². The topological polar surface area (TPSA) is 32.8 Å². The van der Waals surface area contributed by atoms with Gasteiger partial charge in [0.1, 0.15) is 0 Å². The molecule has 1 atom stereocenters. The molecule has 1 amide bonds. The van der Waals surface area contributed by atoms with Gasteiger partial charge in [0.15, 0.2) is 0 Å². The van der Waals surface area contributed by atoms with Crippen molar-refractivity contribution in [1.29, 1.82) is 0 Å². The normalized spacial score (nSPS) is 27.8. The molecule has 0 saturated carbocycles. The number of ether oxygens (including phenoxy) is 1. The number of likely N-dealkylation sites (tertiary alicyclic amines) is 2. The lowest BCUT2D eigenvalue weighted by molar-refractivity contribution is 0.0677. The van der Waals surface area contributed by atoms with Crippen LogP contribution in [0.15, 0.2) is 0 Å². The highest BCUT2D eigenvalue weighted by Crippen LogP contribution is 2.20. The molecule has 0 N–H and O–H groups in total. The molecule has 2 aliphatic heterocycles. The molecular weight excluding hydrogens is 204 g/mol. The summed E-state index contributed by atoms with van der Waals surface area (Å²) in [5.41, 5.74) is 0. The van der Waals surface area contributed by atoms with E-state index in [1.54, 1.807) is 0 Å². The van der Waals surface area contributed by atoms with Crippen LogP contribution in [-0.2, 0) is 4.74 Å². The van der Waals surface area contributed by atoms with Crippen molar-refractivity contribution >= 4 is 6.09 Å². The lowest BCUT2D eigenvalue weighted by atomic mass is 10.0. The molecule has 0 aromatic heterocycles. The predicted molar refractivity (Wildman–Crippen MR) is 62.4 cm³/mol. The fourth-order valence-electron chi connectivity index (χ4n) is 2.83. The molecule has 1 unspecified atom stereocenters. The second kappa shape index (κ2) is 5.53. The van der Waals surface area contributed by atoms with E-state index in [1.807, 2.05) is 4.90 Å². The largest absolute Gasteiger partial charge is 0.453 e. The molecule has 2 saturated heterocycles. The van der Waals surface area contributed by atoms with Gasteiger partial charge in [-0.25, -0.2) is 4.79 Å². The Morgan fingerprint density at radius 3 is 2.56 bits per heavy atom. The fourth-order valence-corrected chi connectivity index (χ4v) is 2.83. The van der Waals surface area contributed by atoms with Crippen LogP contribution < -0.4 is 0 Å². The van der Waals surface area contributed by atoms with Crippen molar-refractivity contribution in [2.24, 2.45) is 0 Å². The minimum atomic E-state index is -0.165. The average molecular weight is 226 g/mol. The predicted octanol–water partition coefficient (Wildman–Crippen LogP) is 1.70. The lowest BCUT2D eigenvalue weighted by Gasteiger charge is -2.40. The Morgan fingerprint density at radius 1 is 1.12 bits per heavy atom. The van der Waals surface area contributed by atoms with E-state index in [1.165, 1.54) is 45.9 Å². The maximum absolute atomic E-state index is 11.5. The maximum Gasteiger partial charge on any atom is 0.409 e. The summed E-state index contributed by atoms with van der Waals surface area (Å²) in [5.74, 6) is 0. The summed E-state index contributed by atoms with van der Waals surface area (Å²) in [5, 5.41) is 0. The van der Waals surface area contributed by atoms with E-state index >= 15 is 0 Å². The van der Waals surface area contributed by atoms with Crippen molar-refractivity contribution in [1.82, 2.24) is 9.80 Å². The van der Waals surface area contributed by atoms with Gasteiger partial charge >= 0.3 is 6.09 Å². The number of piperidine rings is 2. The van der Waals surface area contributed by atoms with Gasteiger partial charge < -0.3 is 9.64 Å². The smallest absolute Gasteiger partial charge is 0.409 e. The zero-order chi connectivity index (χ0) is 11.4. The summed E-state index contributed by atoms with van der Waals surface area (Å²) in [7, 11) is 1.47. The van der Waals surface area contributed by atoms with Gasteiger partial charge in [-0.05, 0) is 38.8 Å². The van der Waals surface area contributed by atoms with Gasteiger partial charge in [-0.3, -0.25) is 4.90 Å². The van der Waals surface area contributed by atoms with Gasteiger partial charge in [-0.1, -0.05) is 6.42 Å². The summed E-state index contributed by atoms with van der Waals surface area (Å²) < 4.78 is 4.79. The molecular formula is C12H22N2O2. The van der Waals surface area contributed by atoms with Gasteiger partial charge in [0.2, 0.25) is 0 Å². The first-order valence-electron chi connectivity index (χ1n) is 6.38. The number of hydrogen-bond donors (Lipinski definition) is 0. The van der Waals surface area contributed by atoms with Crippen LogP contribution in [0.3, 0.4) is 0 Å². The first-order valence-corrected chi connectivity index (χ1v) is 6.38. The Kier molecular flexibility index (Phi) is 4.04. The van der Waals surface area contributed by atoms with Gasteiger partial charge in [-0.15, -0.1) is 0 Å². The Labute approximate surface area is 97.5 Å². The molecule has 0 aliphatic carbocycles. The van der Waals surface area contributed by atoms with Crippen LogP contribution >= 0.6 is 0 Å². The summed E-state index contributed by atoms with van der Waals surface area (Å²) in [6.07, 6.45) is 6.17. The molecule has 0 bridgehead atoms. The third-order valence-corrected chi connectivity index (χ3v) is 3.74. The number of methoxy groups -OCH3 is 1. The molecule has 0 aromatic carbocycles. The summed E-state index contributed by atoms with van der Waals surface area (Å²) >= 11 is 0. The van der Waals surface area contributed by atoms with Crippen LogP contribution in [0.2, 0.25) is 0 Å². The van der Waals surface area contributed by atoms with Crippen molar-refractivity contribution in [2.75, 3.05) is 33.3 Å². The Balaban J connectivity index is 1.87. The number of carbonyl (C=O) groups excluding carboxylic acids is 1. The highest BCUT2D eigenvalue weighted by Gasteiger charge is 2.28. The summed E-state index contributed by atoms with van der Waals surface area (Å²) in [6.45, 7) is 4.13. The van der Waals surface area contributed by atoms with E-state index in [-0.39, 0.29) is 6.09 Å². The minimum absolute atomic E-state index is 0.165. The number of amides is 1. The number of hydrogen-bond acceptors (Lipinski definition) is 3. The second-order valence-corrected chi connectivity index (χ2v) is 4.81. The number of nitrogens with zero attached hydrogens (tertiary/aromatic N) is 2. The van der Waals surface area contributed by atoms with Crippen molar-refractivity contribution in [3.63, 3.8) is 0 Å². The van der Waals surface area contributed by atoms with Crippen LogP contribution in [0.1, 0.15) is 32.1 Å². The standard InChI is InChI=1S/C12H22N2O2/c1-16-12(15)14-9-5-6-11(10-14)13-7-3-2-4-8-13/h11H,2-10H2,1H3. The molecule has 2 fully saturated rings. The quantitative estimate of drug-likeness (QED) is 0.682. The van der Waals surface area contributed by atoms with Crippen LogP contribution in [0.25, 0.3) is 0 Å². The van der Waals surface area contributed by atoms with Gasteiger partial charge in [0.25, 0.3) is 0 Å². The Morgan fingerprint density at radius 2 is 1.88 bits per heavy atom. The van der Waals surface area contributed by atoms with E-state index in [2.05, 4.69) is 4.90 Å². The second-order valence-electron chi connectivity index (χ2n) is 4.81. The molecule has 2 heterocycles. The molecule has 2 aliphatic rings.